The zero-order valence-electron chi connectivity index (χ0n) is 13.6. The van der Waals surface area contributed by atoms with Gasteiger partial charge in [-0.3, -0.25) is 4.79 Å². The van der Waals surface area contributed by atoms with E-state index in [1.54, 1.807) is 7.11 Å². The van der Waals surface area contributed by atoms with Crippen molar-refractivity contribution in [1.29, 1.82) is 0 Å². The smallest absolute Gasteiger partial charge is 0.162 e. The Morgan fingerprint density at radius 1 is 1.14 bits per heavy atom. The predicted octanol–water partition coefficient (Wildman–Crippen LogP) is 3.76. The number of ketones is 1. The monoisotopic (exact) mass is 289 g/mol. The molecule has 3 nitrogen and oxygen atoms in total. The van der Waals surface area contributed by atoms with Crippen LogP contribution in [0.4, 0.5) is 0 Å². The van der Waals surface area contributed by atoms with Crippen LogP contribution in [-0.2, 0) is 0 Å². The number of nitrogens with zero attached hydrogens (tertiary/aromatic N) is 1. The van der Waals surface area contributed by atoms with Crippen molar-refractivity contribution in [2.24, 2.45) is 0 Å². The Balaban J connectivity index is 1.88. The number of carbonyl (C=O) groups is 1. The molecule has 116 valence electrons. The van der Waals surface area contributed by atoms with Crippen LogP contribution < -0.4 is 4.74 Å². The van der Waals surface area contributed by atoms with Gasteiger partial charge in [0.1, 0.15) is 5.75 Å². The summed E-state index contributed by atoms with van der Waals surface area (Å²) in [5, 5.41) is 0. The first kappa shape index (κ1) is 16.0. The highest BCUT2D eigenvalue weighted by Gasteiger charge is 2.13. The van der Waals surface area contributed by atoms with Gasteiger partial charge >= 0.3 is 0 Å². The van der Waals surface area contributed by atoms with E-state index in [2.05, 4.69) is 4.90 Å². The summed E-state index contributed by atoms with van der Waals surface area (Å²) in [5.74, 6) is 1.14. The zero-order chi connectivity index (χ0) is 15.2. The molecule has 3 heteroatoms. The van der Waals surface area contributed by atoms with Crippen molar-refractivity contribution in [3.63, 3.8) is 0 Å². The first-order valence-corrected chi connectivity index (χ1v) is 8.02. The number of rotatable bonds is 6. The van der Waals surface area contributed by atoms with Crippen LogP contribution in [0.5, 0.6) is 5.75 Å². The van der Waals surface area contributed by atoms with Gasteiger partial charge in [-0.15, -0.1) is 0 Å². The third-order valence-corrected chi connectivity index (χ3v) is 4.31. The van der Waals surface area contributed by atoms with E-state index >= 15 is 0 Å². The van der Waals surface area contributed by atoms with Gasteiger partial charge in [0.2, 0.25) is 0 Å². The molecule has 21 heavy (non-hydrogen) atoms. The summed E-state index contributed by atoms with van der Waals surface area (Å²) in [6.45, 7) is 7.45. The topological polar surface area (TPSA) is 29.5 Å². The van der Waals surface area contributed by atoms with Gasteiger partial charge < -0.3 is 9.64 Å². The molecule has 0 aliphatic carbocycles. The Morgan fingerprint density at radius 3 is 2.33 bits per heavy atom. The van der Waals surface area contributed by atoms with Crippen molar-refractivity contribution >= 4 is 5.78 Å². The zero-order valence-corrected chi connectivity index (χ0v) is 13.6. The molecule has 1 heterocycles. The van der Waals surface area contributed by atoms with Crippen molar-refractivity contribution in [2.75, 3.05) is 26.7 Å². The number of carbonyl (C=O) groups excluding carboxylic acids is 1. The molecule has 1 fully saturated rings. The second-order valence-corrected chi connectivity index (χ2v) is 6.07. The summed E-state index contributed by atoms with van der Waals surface area (Å²) in [4.78, 5) is 14.8. The van der Waals surface area contributed by atoms with Crippen LogP contribution in [0.2, 0.25) is 0 Å². The van der Waals surface area contributed by atoms with E-state index < -0.39 is 0 Å². The van der Waals surface area contributed by atoms with Gasteiger partial charge in [-0.25, -0.2) is 0 Å². The number of hydrogen-bond donors (Lipinski definition) is 0. The number of piperidine rings is 1. The Bertz CT molecular complexity index is 467. The summed E-state index contributed by atoms with van der Waals surface area (Å²) in [6, 6.07) is 3.91. The van der Waals surface area contributed by atoms with Gasteiger partial charge in [0.25, 0.3) is 0 Å². The molecule has 0 radical (unpaired) electrons. The van der Waals surface area contributed by atoms with Crippen LogP contribution in [0.25, 0.3) is 0 Å². The van der Waals surface area contributed by atoms with E-state index in [0.717, 1.165) is 35.4 Å². The van der Waals surface area contributed by atoms with Gasteiger partial charge in [-0.2, -0.15) is 0 Å². The SMILES string of the molecule is COc1c(C)cc(C(=O)CCCN2CCCCC2)cc1C. The fourth-order valence-electron chi connectivity index (χ4n) is 3.22. The van der Waals surface area contributed by atoms with E-state index in [-0.39, 0.29) is 5.78 Å². The maximum absolute atomic E-state index is 12.3. The third kappa shape index (κ3) is 4.31. The molecule has 0 saturated carbocycles. The van der Waals surface area contributed by atoms with E-state index in [4.69, 9.17) is 4.74 Å². The summed E-state index contributed by atoms with van der Waals surface area (Å²) in [5.41, 5.74) is 2.90. The van der Waals surface area contributed by atoms with Gasteiger partial charge in [-0.05, 0) is 76.0 Å². The Kier molecular flexibility index (Phi) is 5.80. The van der Waals surface area contributed by atoms with Crippen LogP contribution >= 0.6 is 0 Å². The summed E-state index contributed by atoms with van der Waals surface area (Å²) in [7, 11) is 1.68. The van der Waals surface area contributed by atoms with Crippen molar-refractivity contribution in [1.82, 2.24) is 4.90 Å². The molecule has 0 spiro atoms. The number of ether oxygens (including phenoxy) is 1. The van der Waals surface area contributed by atoms with Crippen molar-refractivity contribution < 1.29 is 9.53 Å². The molecule has 1 aliphatic heterocycles. The van der Waals surface area contributed by atoms with Gasteiger partial charge in [0.15, 0.2) is 5.78 Å². The molecule has 0 bridgehead atoms. The number of aryl methyl sites for hydroxylation is 2. The van der Waals surface area contributed by atoms with Crippen LogP contribution in [0.15, 0.2) is 12.1 Å². The molecule has 1 aromatic rings. The highest BCUT2D eigenvalue weighted by molar-refractivity contribution is 5.96. The lowest BCUT2D eigenvalue weighted by Crippen LogP contribution is -2.30. The predicted molar refractivity (Wildman–Crippen MR) is 86.3 cm³/mol. The lowest BCUT2D eigenvalue weighted by atomic mass is 10.00. The summed E-state index contributed by atoms with van der Waals surface area (Å²) in [6.07, 6.45) is 5.58. The fourth-order valence-corrected chi connectivity index (χ4v) is 3.22. The molecule has 0 unspecified atom stereocenters. The second kappa shape index (κ2) is 7.60. The van der Waals surface area contributed by atoms with E-state index in [1.165, 1.54) is 32.4 Å². The third-order valence-electron chi connectivity index (χ3n) is 4.31. The molecule has 0 N–H and O–H groups in total. The van der Waals surface area contributed by atoms with Gasteiger partial charge in [0.05, 0.1) is 7.11 Å². The average Bonchev–Trinajstić information content (AvgIpc) is 2.48. The minimum absolute atomic E-state index is 0.251. The number of benzene rings is 1. The normalized spacial score (nSPS) is 16.0. The van der Waals surface area contributed by atoms with E-state index in [1.807, 2.05) is 26.0 Å². The number of methoxy groups -OCH3 is 1. The minimum Gasteiger partial charge on any atom is -0.496 e. The lowest BCUT2D eigenvalue weighted by molar-refractivity contribution is 0.0973. The van der Waals surface area contributed by atoms with Gasteiger partial charge in [0, 0.05) is 12.0 Å². The van der Waals surface area contributed by atoms with Crippen molar-refractivity contribution in [3.8, 4) is 5.75 Å². The van der Waals surface area contributed by atoms with Crippen LogP contribution in [0.3, 0.4) is 0 Å². The maximum atomic E-state index is 12.3. The molecule has 2 rings (SSSR count). The summed E-state index contributed by atoms with van der Waals surface area (Å²) >= 11 is 0. The Labute approximate surface area is 128 Å². The number of likely N-dealkylation sites (tertiary alicyclic amines) is 1. The first-order valence-electron chi connectivity index (χ1n) is 8.02. The summed E-state index contributed by atoms with van der Waals surface area (Å²) < 4.78 is 5.35. The second-order valence-electron chi connectivity index (χ2n) is 6.07. The molecule has 1 aromatic carbocycles. The van der Waals surface area contributed by atoms with Gasteiger partial charge in [-0.1, -0.05) is 6.42 Å². The van der Waals surface area contributed by atoms with E-state index in [0.29, 0.717) is 6.42 Å². The standard InChI is InChI=1S/C18H27NO2/c1-14-12-16(13-15(2)18(14)21-3)17(20)8-7-11-19-9-5-4-6-10-19/h12-13H,4-11H2,1-3H3. The highest BCUT2D eigenvalue weighted by atomic mass is 16.5. The fraction of sp³-hybridized carbons (Fsp3) is 0.611. The first-order chi connectivity index (χ1) is 10.1. The van der Waals surface area contributed by atoms with Crippen molar-refractivity contribution in [3.05, 3.63) is 28.8 Å². The molecule has 0 amide bonds. The molecule has 1 aliphatic rings. The van der Waals surface area contributed by atoms with Crippen LogP contribution in [0.1, 0.15) is 53.6 Å². The molecule has 0 aromatic heterocycles. The molecular weight excluding hydrogens is 262 g/mol. The average molecular weight is 289 g/mol. The van der Waals surface area contributed by atoms with Crippen molar-refractivity contribution in [2.45, 2.75) is 46.0 Å². The van der Waals surface area contributed by atoms with Crippen LogP contribution in [-0.4, -0.2) is 37.4 Å². The quantitative estimate of drug-likeness (QED) is 0.747. The Hall–Kier alpha value is -1.35. The molecule has 0 atom stereocenters. The maximum Gasteiger partial charge on any atom is 0.162 e. The largest absolute Gasteiger partial charge is 0.496 e. The Morgan fingerprint density at radius 2 is 1.76 bits per heavy atom. The lowest BCUT2D eigenvalue weighted by Gasteiger charge is -2.26. The van der Waals surface area contributed by atoms with Crippen LogP contribution in [0, 0.1) is 13.8 Å². The minimum atomic E-state index is 0.251. The number of hydrogen-bond acceptors (Lipinski definition) is 3. The highest BCUT2D eigenvalue weighted by Crippen LogP contribution is 2.25. The number of Topliss-reactive ketones (excluding diaryl/α,β-unsaturated/α-hetero) is 1. The molecule has 1 saturated heterocycles. The molecular formula is C18H27NO2. The van der Waals surface area contributed by atoms with E-state index in [9.17, 15) is 4.79 Å².